The third-order valence-corrected chi connectivity index (χ3v) is 5.35. The van der Waals surface area contributed by atoms with Crippen LogP contribution in [-0.2, 0) is 10.0 Å². The number of benzene rings is 2. The van der Waals surface area contributed by atoms with E-state index in [2.05, 4.69) is 36.5 Å². The molecule has 0 aliphatic rings. The summed E-state index contributed by atoms with van der Waals surface area (Å²) in [6.07, 6.45) is 1.65. The highest BCUT2D eigenvalue weighted by Crippen LogP contribution is 2.26. The van der Waals surface area contributed by atoms with Crippen molar-refractivity contribution in [3.8, 4) is 0 Å². The molecule has 0 spiro atoms. The fourth-order valence-electron chi connectivity index (χ4n) is 2.42. The van der Waals surface area contributed by atoms with E-state index in [4.69, 9.17) is 5.14 Å². The third-order valence-electron chi connectivity index (χ3n) is 3.84. The number of nitrogens with one attached hydrogen (secondary N) is 2. The molecule has 1 atom stereocenters. The maximum atomic E-state index is 11.3. The predicted octanol–water partition coefficient (Wildman–Crippen LogP) is 3.80. The van der Waals surface area contributed by atoms with E-state index in [0.29, 0.717) is 17.5 Å². The van der Waals surface area contributed by atoms with Crippen LogP contribution < -0.4 is 15.8 Å². The summed E-state index contributed by atoms with van der Waals surface area (Å²) in [6, 6.07) is 16.1. The fourth-order valence-corrected chi connectivity index (χ4v) is 3.24. The second-order valence-electron chi connectivity index (χ2n) is 5.86. The Bertz CT molecular complexity index is 1030. The molecule has 9 heteroatoms. The molecule has 0 radical (unpaired) electrons. The highest BCUT2D eigenvalue weighted by molar-refractivity contribution is 9.10. The lowest BCUT2D eigenvalue weighted by Crippen LogP contribution is -2.12. The Morgan fingerprint density at radius 1 is 1.07 bits per heavy atom. The van der Waals surface area contributed by atoms with Gasteiger partial charge in [0.25, 0.3) is 0 Å². The zero-order valence-electron chi connectivity index (χ0n) is 14.4. The minimum Gasteiger partial charge on any atom is -0.362 e. The molecule has 7 nitrogen and oxygen atoms in total. The molecule has 3 rings (SSSR count). The molecule has 0 saturated heterocycles. The summed E-state index contributed by atoms with van der Waals surface area (Å²) in [5, 5.41) is 11.5. The van der Waals surface area contributed by atoms with E-state index < -0.39 is 10.0 Å². The number of halogens is 1. The van der Waals surface area contributed by atoms with E-state index in [9.17, 15) is 8.42 Å². The number of rotatable bonds is 6. The first-order valence-electron chi connectivity index (χ1n) is 8.07. The standard InChI is InChI=1S/C18H18BrN5O2S/c1-12(13-5-3-2-4-6-13)22-17-16(19)11-21-18(24-17)23-14-7-9-15(10-8-14)27(20,25)26/h2-12H,1H3,(H2,20,25,26)(H2,21,22,23,24). The maximum absolute atomic E-state index is 11.3. The SMILES string of the molecule is CC(Nc1nc(Nc2ccc(S(N)(=O)=O)cc2)ncc1Br)c1ccccc1. The molecule has 1 heterocycles. The Morgan fingerprint density at radius 3 is 2.37 bits per heavy atom. The quantitative estimate of drug-likeness (QED) is 0.529. The summed E-state index contributed by atoms with van der Waals surface area (Å²) < 4.78 is 23.4. The van der Waals surface area contributed by atoms with Crippen molar-refractivity contribution in [2.45, 2.75) is 17.9 Å². The van der Waals surface area contributed by atoms with Crippen molar-refractivity contribution in [1.82, 2.24) is 9.97 Å². The number of sulfonamides is 1. The van der Waals surface area contributed by atoms with E-state index >= 15 is 0 Å². The lowest BCUT2D eigenvalue weighted by Gasteiger charge is -2.16. The summed E-state index contributed by atoms with van der Waals surface area (Å²) in [6.45, 7) is 2.04. The first-order chi connectivity index (χ1) is 12.8. The molecule has 1 aromatic heterocycles. The zero-order chi connectivity index (χ0) is 19.4. The van der Waals surface area contributed by atoms with Gasteiger partial charge in [0.05, 0.1) is 9.37 Å². The Morgan fingerprint density at radius 2 is 1.74 bits per heavy atom. The largest absolute Gasteiger partial charge is 0.362 e. The van der Waals surface area contributed by atoms with E-state index in [0.717, 1.165) is 10.0 Å². The van der Waals surface area contributed by atoms with Gasteiger partial charge in [-0.1, -0.05) is 30.3 Å². The molecule has 3 aromatic rings. The van der Waals surface area contributed by atoms with Gasteiger partial charge in [0.2, 0.25) is 16.0 Å². The predicted molar refractivity (Wildman–Crippen MR) is 109 cm³/mol. The summed E-state index contributed by atoms with van der Waals surface area (Å²) in [7, 11) is -3.72. The minimum absolute atomic E-state index is 0.0452. The van der Waals surface area contributed by atoms with Gasteiger partial charge in [-0.05, 0) is 52.7 Å². The van der Waals surface area contributed by atoms with Gasteiger partial charge in [-0.3, -0.25) is 0 Å². The van der Waals surface area contributed by atoms with Crippen LogP contribution in [0.15, 0.2) is 70.2 Å². The second-order valence-corrected chi connectivity index (χ2v) is 8.28. The van der Waals surface area contributed by atoms with E-state index in [1.165, 1.54) is 12.1 Å². The Hall–Kier alpha value is -2.49. The Balaban J connectivity index is 1.77. The van der Waals surface area contributed by atoms with Crippen LogP contribution in [0.1, 0.15) is 18.5 Å². The van der Waals surface area contributed by atoms with Crippen LogP contribution in [0.3, 0.4) is 0 Å². The Kier molecular flexibility index (Phi) is 5.73. The number of hydrogen-bond donors (Lipinski definition) is 3. The fraction of sp³-hybridized carbons (Fsp3) is 0.111. The monoisotopic (exact) mass is 447 g/mol. The molecule has 0 bridgehead atoms. The lowest BCUT2D eigenvalue weighted by atomic mass is 10.1. The molecule has 1 unspecified atom stereocenters. The summed E-state index contributed by atoms with van der Waals surface area (Å²) in [5.74, 6) is 1.02. The third kappa shape index (κ3) is 5.03. The van der Waals surface area contributed by atoms with Crippen LogP contribution >= 0.6 is 15.9 Å². The molecule has 27 heavy (non-hydrogen) atoms. The van der Waals surface area contributed by atoms with Crippen LogP contribution in [0.25, 0.3) is 0 Å². The smallest absolute Gasteiger partial charge is 0.238 e. The van der Waals surface area contributed by atoms with E-state index in [-0.39, 0.29) is 10.9 Å². The van der Waals surface area contributed by atoms with Crippen molar-refractivity contribution in [2.24, 2.45) is 5.14 Å². The van der Waals surface area contributed by atoms with Crippen molar-refractivity contribution in [2.75, 3.05) is 10.6 Å². The van der Waals surface area contributed by atoms with Crippen LogP contribution in [0.2, 0.25) is 0 Å². The summed E-state index contributed by atoms with van der Waals surface area (Å²) in [5.41, 5.74) is 1.78. The van der Waals surface area contributed by atoms with Crippen LogP contribution in [0, 0.1) is 0 Å². The molecule has 0 saturated carbocycles. The van der Waals surface area contributed by atoms with Crippen molar-refractivity contribution >= 4 is 43.4 Å². The molecular weight excluding hydrogens is 430 g/mol. The van der Waals surface area contributed by atoms with Crippen molar-refractivity contribution in [3.05, 3.63) is 70.8 Å². The molecule has 0 aliphatic carbocycles. The zero-order valence-corrected chi connectivity index (χ0v) is 16.8. The van der Waals surface area contributed by atoms with Gasteiger partial charge in [-0.25, -0.2) is 18.5 Å². The first kappa shape index (κ1) is 19.3. The number of nitrogens with two attached hydrogens (primary N) is 1. The number of aromatic nitrogens is 2. The van der Waals surface area contributed by atoms with Crippen LogP contribution in [0.5, 0.6) is 0 Å². The van der Waals surface area contributed by atoms with Crippen molar-refractivity contribution in [3.63, 3.8) is 0 Å². The average Bonchev–Trinajstić information content (AvgIpc) is 2.65. The second kappa shape index (κ2) is 8.03. The molecule has 0 aliphatic heterocycles. The first-order valence-corrected chi connectivity index (χ1v) is 10.4. The van der Waals surface area contributed by atoms with Crippen molar-refractivity contribution in [1.29, 1.82) is 0 Å². The van der Waals surface area contributed by atoms with Gasteiger partial charge in [0.1, 0.15) is 5.82 Å². The molecule has 4 N–H and O–H groups in total. The highest BCUT2D eigenvalue weighted by atomic mass is 79.9. The van der Waals surface area contributed by atoms with E-state index in [1.807, 2.05) is 37.3 Å². The van der Waals surface area contributed by atoms with Crippen LogP contribution in [-0.4, -0.2) is 18.4 Å². The average molecular weight is 448 g/mol. The molecule has 0 fully saturated rings. The number of anilines is 3. The molecular formula is C18H18BrN5O2S. The number of nitrogens with zero attached hydrogens (tertiary/aromatic N) is 2. The van der Waals surface area contributed by atoms with Gasteiger partial charge in [-0.15, -0.1) is 0 Å². The minimum atomic E-state index is -3.72. The van der Waals surface area contributed by atoms with Gasteiger partial charge < -0.3 is 10.6 Å². The van der Waals surface area contributed by atoms with E-state index in [1.54, 1.807) is 18.3 Å². The van der Waals surface area contributed by atoms with Crippen LogP contribution in [0.4, 0.5) is 17.5 Å². The lowest BCUT2D eigenvalue weighted by molar-refractivity contribution is 0.598. The Labute approximate surface area is 166 Å². The molecule has 2 aromatic carbocycles. The number of hydrogen-bond acceptors (Lipinski definition) is 6. The highest BCUT2D eigenvalue weighted by Gasteiger charge is 2.11. The van der Waals surface area contributed by atoms with Gasteiger partial charge >= 0.3 is 0 Å². The van der Waals surface area contributed by atoms with Crippen molar-refractivity contribution < 1.29 is 8.42 Å². The number of primary sulfonamides is 1. The van der Waals surface area contributed by atoms with Gasteiger partial charge in [0.15, 0.2) is 0 Å². The summed E-state index contributed by atoms with van der Waals surface area (Å²) in [4.78, 5) is 8.76. The summed E-state index contributed by atoms with van der Waals surface area (Å²) >= 11 is 3.45. The molecule has 140 valence electrons. The van der Waals surface area contributed by atoms with Gasteiger partial charge in [0, 0.05) is 17.9 Å². The topological polar surface area (TPSA) is 110 Å². The normalized spacial score (nSPS) is 12.4. The molecule has 0 amide bonds. The maximum Gasteiger partial charge on any atom is 0.238 e. The van der Waals surface area contributed by atoms with Gasteiger partial charge in [-0.2, -0.15) is 4.98 Å².